The molecule has 1 saturated carbocycles. The number of benzene rings is 1. The standard InChI is InChI=1S/C18H25NO2S2/c20-17(19-15-5-3-1-2-4-6-15)13-21-16-9-7-14(8-10-16)18-22-11-12-23-18/h7-10,15,18H,1-6,11-13H2,(H,19,20). The van der Waals surface area contributed by atoms with Gasteiger partial charge >= 0.3 is 0 Å². The van der Waals surface area contributed by atoms with E-state index in [9.17, 15) is 4.79 Å². The van der Waals surface area contributed by atoms with E-state index in [2.05, 4.69) is 17.4 Å². The lowest BCUT2D eigenvalue weighted by molar-refractivity contribution is -0.123. The molecular weight excluding hydrogens is 326 g/mol. The van der Waals surface area contributed by atoms with Crippen molar-refractivity contribution in [3.63, 3.8) is 0 Å². The molecule has 1 aromatic carbocycles. The zero-order valence-corrected chi connectivity index (χ0v) is 15.1. The summed E-state index contributed by atoms with van der Waals surface area (Å²) in [4.78, 5) is 12.0. The number of rotatable bonds is 5. The van der Waals surface area contributed by atoms with E-state index in [0.29, 0.717) is 10.6 Å². The van der Waals surface area contributed by atoms with Gasteiger partial charge in [0.1, 0.15) is 5.75 Å². The smallest absolute Gasteiger partial charge is 0.258 e. The first-order valence-corrected chi connectivity index (χ1v) is 10.7. The fourth-order valence-electron chi connectivity index (χ4n) is 3.11. The third kappa shape index (κ3) is 5.35. The molecule has 0 spiro atoms. The maximum absolute atomic E-state index is 12.0. The van der Waals surface area contributed by atoms with Crippen molar-refractivity contribution in [1.29, 1.82) is 0 Å². The lowest BCUT2D eigenvalue weighted by Crippen LogP contribution is -2.37. The Morgan fingerprint density at radius 2 is 1.70 bits per heavy atom. The second kappa shape index (κ2) is 8.88. The van der Waals surface area contributed by atoms with Crippen LogP contribution in [0.1, 0.15) is 48.7 Å². The van der Waals surface area contributed by atoms with Gasteiger partial charge in [-0.25, -0.2) is 0 Å². The second-order valence-corrected chi connectivity index (χ2v) is 8.91. The second-order valence-electron chi connectivity index (χ2n) is 6.19. The Morgan fingerprint density at radius 3 is 2.35 bits per heavy atom. The summed E-state index contributed by atoms with van der Waals surface area (Å²) >= 11 is 4.00. The molecule has 1 aliphatic carbocycles. The van der Waals surface area contributed by atoms with Crippen molar-refractivity contribution < 1.29 is 9.53 Å². The Balaban J connectivity index is 1.43. The van der Waals surface area contributed by atoms with Crippen LogP contribution in [-0.2, 0) is 4.79 Å². The van der Waals surface area contributed by atoms with Crippen molar-refractivity contribution in [2.75, 3.05) is 18.1 Å². The van der Waals surface area contributed by atoms with Gasteiger partial charge in [-0.1, -0.05) is 37.8 Å². The minimum absolute atomic E-state index is 0.00267. The highest BCUT2D eigenvalue weighted by molar-refractivity contribution is 8.19. The molecule has 23 heavy (non-hydrogen) atoms. The molecule has 3 rings (SSSR count). The SMILES string of the molecule is O=C(COc1ccc(C2SCCS2)cc1)NC1CCCCCC1. The first kappa shape index (κ1) is 17.0. The maximum Gasteiger partial charge on any atom is 0.258 e. The molecule has 0 radical (unpaired) electrons. The number of amides is 1. The Bertz CT molecular complexity index is 492. The average molecular weight is 352 g/mol. The monoisotopic (exact) mass is 351 g/mol. The highest BCUT2D eigenvalue weighted by Gasteiger charge is 2.18. The molecule has 0 bridgehead atoms. The summed E-state index contributed by atoms with van der Waals surface area (Å²) in [7, 11) is 0. The Hall–Kier alpha value is -0.810. The molecule has 2 aliphatic rings. The van der Waals surface area contributed by atoms with Crippen molar-refractivity contribution in [1.82, 2.24) is 5.32 Å². The lowest BCUT2D eigenvalue weighted by atomic mass is 10.1. The van der Waals surface area contributed by atoms with Crippen molar-refractivity contribution in [2.24, 2.45) is 0 Å². The first-order chi connectivity index (χ1) is 11.3. The van der Waals surface area contributed by atoms with Crippen LogP contribution in [0.3, 0.4) is 0 Å². The molecule has 2 fully saturated rings. The van der Waals surface area contributed by atoms with E-state index in [-0.39, 0.29) is 12.5 Å². The van der Waals surface area contributed by atoms with E-state index < -0.39 is 0 Å². The van der Waals surface area contributed by atoms with Crippen LogP contribution >= 0.6 is 23.5 Å². The third-order valence-corrected chi connectivity index (χ3v) is 7.47. The van der Waals surface area contributed by atoms with Gasteiger partial charge in [0.25, 0.3) is 5.91 Å². The molecular formula is C18H25NO2S2. The van der Waals surface area contributed by atoms with Crippen molar-refractivity contribution in [3.05, 3.63) is 29.8 Å². The number of nitrogens with one attached hydrogen (secondary N) is 1. The van der Waals surface area contributed by atoms with Crippen LogP contribution < -0.4 is 10.1 Å². The van der Waals surface area contributed by atoms with Gasteiger partial charge in [-0.3, -0.25) is 4.79 Å². The summed E-state index contributed by atoms with van der Waals surface area (Å²) in [6.07, 6.45) is 7.27. The van der Waals surface area contributed by atoms with Gasteiger partial charge in [0.2, 0.25) is 0 Å². The predicted octanol–water partition coefficient (Wildman–Crippen LogP) is 4.38. The van der Waals surface area contributed by atoms with E-state index in [4.69, 9.17) is 4.74 Å². The number of hydrogen-bond acceptors (Lipinski definition) is 4. The minimum Gasteiger partial charge on any atom is -0.484 e. The van der Waals surface area contributed by atoms with Crippen LogP contribution in [0.5, 0.6) is 5.75 Å². The van der Waals surface area contributed by atoms with Crippen LogP contribution in [0.4, 0.5) is 0 Å². The summed E-state index contributed by atoms with van der Waals surface area (Å²) < 4.78 is 6.19. The van der Waals surface area contributed by atoms with E-state index in [1.807, 2.05) is 35.7 Å². The molecule has 5 heteroatoms. The van der Waals surface area contributed by atoms with E-state index in [1.165, 1.54) is 42.8 Å². The highest BCUT2D eigenvalue weighted by Crippen LogP contribution is 2.45. The number of carbonyl (C=O) groups is 1. The van der Waals surface area contributed by atoms with Gasteiger partial charge in [0.05, 0.1) is 4.58 Å². The summed E-state index contributed by atoms with van der Waals surface area (Å²) in [5.41, 5.74) is 1.34. The van der Waals surface area contributed by atoms with Crippen LogP contribution in [0.25, 0.3) is 0 Å². The van der Waals surface area contributed by atoms with E-state index >= 15 is 0 Å². The van der Waals surface area contributed by atoms with Gasteiger partial charge < -0.3 is 10.1 Å². The summed E-state index contributed by atoms with van der Waals surface area (Å²) in [6.45, 7) is 0.114. The van der Waals surface area contributed by atoms with Crippen LogP contribution in [-0.4, -0.2) is 30.1 Å². The number of ether oxygens (including phenoxy) is 1. The lowest BCUT2D eigenvalue weighted by Gasteiger charge is -2.16. The van der Waals surface area contributed by atoms with Crippen molar-refractivity contribution in [2.45, 2.75) is 49.1 Å². The zero-order valence-electron chi connectivity index (χ0n) is 13.5. The average Bonchev–Trinajstić information content (AvgIpc) is 2.99. The predicted molar refractivity (Wildman–Crippen MR) is 99.2 cm³/mol. The number of carbonyl (C=O) groups excluding carboxylic acids is 1. The molecule has 0 aromatic heterocycles. The summed E-state index contributed by atoms with van der Waals surface area (Å²) in [6, 6.07) is 8.54. The molecule has 1 aromatic rings. The topological polar surface area (TPSA) is 38.3 Å². The van der Waals surface area contributed by atoms with Gasteiger partial charge in [0.15, 0.2) is 6.61 Å². The Labute approximate surface area is 147 Å². The molecule has 1 aliphatic heterocycles. The van der Waals surface area contributed by atoms with E-state index in [0.717, 1.165) is 18.6 Å². The number of hydrogen-bond donors (Lipinski definition) is 1. The first-order valence-electron chi connectivity index (χ1n) is 8.56. The van der Waals surface area contributed by atoms with Crippen LogP contribution in [0, 0.1) is 0 Å². The number of thioether (sulfide) groups is 2. The summed E-state index contributed by atoms with van der Waals surface area (Å²) in [5, 5.41) is 3.11. The minimum atomic E-state index is 0.00267. The largest absolute Gasteiger partial charge is 0.484 e. The molecule has 0 unspecified atom stereocenters. The molecule has 1 saturated heterocycles. The maximum atomic E-state index is 12.0. The quantitative estimate of drug-likeness (QED) is 0.799. The fraction of sp³-hybridized carbons (Fsp3) is 0.611. The fourth-order valence-corrected chi connectivity index (χ4v) is 5.97. The molecule has 1 amide bonds. The molecule has 126 valence electrons. The molecule has 1 N–H and O–H groups in total. The van der Waals surface area contributed by atoms with Crippen LogP contribution in [0.2, 0.25) is 0 Å². The molecule has 3 nitrogen and oxygen atoms in total. The van der Waals surface area contributed by atoms with Crippen LogP contribution in [0.15, 0.2) is 24.3 Å². The highest BCUT2D eigenvalue weighted by atomic mass is 32.2. The molecule has 0 atom stereocenters. The van der Waals surface area contributed by atoms with Gasteiger partial charge in [-0.2, -0.15) is 0 Å². The van der Waals surface area contributed by atoms with Gasteiger partial charge in [-0.15, -0.1) is 23.5 Å². The van der Waals surface area contributed by atoms with Crippen molar-refractivity contribution >= 4 is 29.4 Å². The summed E-state index contributed by atoms with van der Waals surface area (Å²) in [5.74, 6) is 3.24. The normalized spacial score (nSPS) is 20.2. The van der Waals surface area contributed by atoms with E-state index in [1.54, 1.807) is 0 Å². The Morgan fingerprint density at radius 1 is 1.04 bits per heavy atom. The Kier molecular flexibility index (Phi) is 6.57. The van der Waals surface area contributed by atoms with Crippen molar-refractivity contribution in [3.8, 4) is 5.75 Å². The van der Waals surface area contributed by atoms with Gasteiger partial charge in [-0.05, 0) is 30.5 Å². The van der Waals surface area contributed by atoms with Gasteiger partial charge in [0, 0.05) is 17.5 Å². The molecule has 1 heterocycles. The zero-order chi connectivity index (χ0) is 15.9. The third-order valence-electron chi connectivity index (χ3n) is 4.36.